The van der Waals surface area contributed by atoms with Crippen molar-refractivity contribution in [3.05, 3.63) is 23.8 Å². The number of nitrogens with two attached hydrogens (primary N) is 1. The monoisotopic (exact) mass is 269 g/mol. The Balaban J connectivity index is 2.27. The number of halogens is 3. The molecule has 1 saturated carbocycles. The van der Waals surface area contributed by atoms with E-state index in [4.69, 9.17) is 11.0 Å². The Labute approximate surface area is 109 Å². The zero-order valence-corrected chi connectivity index (χ0v) is 10.2. The molecule has 0 aliphatic heterocycles. The summed E-state index contributed by atoms with van der Waals surface area (Å²) in [6.45, 7) is -0.965. The number of benzene rings is 1. The molecule has 1 aromatic rings. The molecule has 0 heterocycles. The molecule has 3 nitrogen and oxygen atoms in total. The predicted molar refractivity (Wildman–Crippen MR) is 66.6 cm³/mol. The van der Waals surface area contributed by atoms with Crippen molar-refractivity contribution in [2.75, 3.05) is 17.2 Å². The summed E-state index contributed by atoms with van der Waals surface area (Å²) in [5.41, 5.74) is 7.20. The van der Waals surface area contributed by atoms with Crippen LogP contribution < -0.4 is 10.6 Å². The van der Waals surface area contributed by atoms with E-state index >= 15 is 0 Å². The zero-order valence-electron chi connectivity index (χ0n) is 10.2. The van der Waals surface area contributed by atoms with E-state index < -0.39 is 12.7 Å². The van der Waals surface area contributed by atoms with Crippen molar-refractivity contribution in [1.29, 1.82) is 5.26 Å². The third-order valence-corrected chi connectivity index (χ3v) is 3.06. The van der Waals surface area contributed by atoms with Crippen LogP contribution in [0.2, 0.25) is 0 Å². The molecule has 1 aliphatic rings. The van der Waals surface area contributed by atoms with Crippen LogP contribution in [0.4, 0.5) is 24.5 Å². The Hall–Kier alpha value is -1.90. The van der Waals surface area contributed by atoms with Gasteiger partial charge in [-0.25, -0.2) is 0 Å². The molecule has 0 radical (unpaired) electrons. The van der Waals surface area contributed by atoms with Gasteiger partial charge >= 0.3 is 6.18 Å². The number of alkyl halides is 3. The van der Waals surface area contributed by atoms with Gasteiger partial charge in [-0.05, 0) is 36.6 Å². The van der Waals surface area contributed by atoms with E-state index in [2.05, 4.69) is 0 Å². The molecule has 1 aliphatic carbocycles. The first-order valence-corrected chi connectivity index (χ1v) is 5.99. The van der Waals surface area contributed by atoms with Crippen LogP contribution in [0.25, 0.3) is 0 Å². The average molecular weight is 269 g/mol. The molecule has 2 rings (SSSR count). The highest BCUT2D eigenvalue weighted by Crippen LogP contribution is 2.35. The fourth-order valence-corrected chi connectivity index (χ4v) is 2.02. The van der Waals surface area contributed by atoms with Gasteiger partial charge < -0.3 is 10.6 Å². The quantitative estimate of drug-likeness (QED) is 0.855. The van der Waals surface area contributed by atoms with E-state index in [1.165, 1.54) is 4.90 Å². The highest BCUT2D eigenvalue weighted by atomic mass is 19.4. The van der Waals surface area contributed by atoms with Crippen molar-refractivity contribution in [2.24, 2.45) is 0 Å². The summed E-state index contributed by atoms with van der Waals surface area (Å²) in [5, 5.41) is 8.68. The maximum atomic E-state index is 12.6. The molecule has 0 bridgehead atoms. The van der Waals surface area contributed by atoms with Crippen molar-refractivity contribution in [1.82, 2.24) is 0 Å². The zero-order chi connectivity index (χ0) is 14.0. The summed E-state index contributed by atoms with van der Waals surface area (Å²) in [6, 6.07) is 6.64. The lowest BCUT2D eigenvalue weighted by Gasteiger charge is -2.26. The van der Waals surface area contributed by atoms with E-state index in [1.807, 2.05) is 6.07 Å². The summed E-state index contributed by atoms with van der Waals surface area (Å²) in [6.07, 6.45) is -2.59. The standard InChI is InChI=1S/C13H14F3N3/c14-13(15,16)8-19(10-1-2-10)11-3-4-12(18)9(7-11)5-6-17/h3-4,7,10H,1-2,5,8,18H2. The smallest absolute Gasteiger partial charge is 0.398 e. The van der Waals surface area contributed by atoms with Gasteiger partial charge in [0.25, 0.3) is 0 Å². The highest BCUT2D eigenvalue weighted by molar-refractivity contribution is 5.60. The maximum Gasteiger partial charge on any atom is 0.405 e. The van der Waals surface area contributed by atoms with Gasteiger partial charge in [-0.15, -0.1) is 0 Å². The second-order valence-electron chi connectivity index (χ2n) is 4.69. The molecule has 102 valence electrons. The van der Waals surface area contributed by atoms with Gasteiger partial charge in [0.05, 0.1) is 12.5 Å². The Morgan fingerprint density at radius 3 is 2.58 bits per heavy atom. The summed E-state index contributed by atoms with van der Waals surface area (Å²) >= 11 is 0. The molecule has 1 fully saturated rings. The van der Waals surface area contributed by atoms with E-state index in [0.29, 0.717) is 16.9 Å². The van der Waals surface area contributed by atoms with Gasteiger partial charge in [0, 0.05) is 17.4 Å². The first-order valence-electron chi connectivity index (χ1n) is 5.99. The van der Waals surface area contributed by atoms with E-state index in [0.717, 1.165) is 12.8 Å². The third kappa shape index (κ3) is 3.53. The largest absolute Gasteiger partial charge is 0.405 e. The van der Waals surface area contributed by atoms with Crippen molar-refractivity contribution < 1.29 is 13.2 Å². The molecule has 0 saturated heterocycles. The van der Waals surface area contributed by atoms with Crippen molar-refractivity contribution in [3.8, 4) is 6.07 Å². The van der Waals surface area contributed by atoms with Gasteiger partial charge in [-0.3, -0.25) is 0 Å². The van der Waals surface area contributed by atoms with Crippen molar-refractivity contribution in [2.45, 2.75) is 31.5 Å². The summed E-state index contributed by atoms with van der Waals surface area (Å²) in [5.74, 6) is 0. The summed E-state index contributed by atoms with van der Waals surface area (Å²) < 4.78 is 37.8. The number of nitrogens with zero attached hydrogens (tertiary/aromatic N) is 2. The second-order valence-corrected chi connectivity index (χ2v) is 4.69. The molecular formula is C13H14F3N3. The lowest BCUT2D eigenvalue weighted by atomic mass is 10.1. The Morgan fingerprint density at radius 1 is 1.37 bits per heavy atom. The third-order valence-electron chi connectivity index (χ3n) is 3.06. The minimum Gasteiger partial charge on any atom is -0.398 e. The van der Waals surface area contributed by atoms with Gasteiger partial charge in [0.1, 0.15) is 6.54 Å². The predicted octanol–water partition coefficient (Wildman–Crippen LogP) is 2.87. The average Bonchev–Trinajstić information content (AvgIpc) is 3.12. The van der Waals surface area contributed by atoms with Crippen LogP contribution in [0, 0.1) is 11.3 Å². The normalized spacial score (nSPS) is 15.1. The maximum absolute atomic E-state index is 12.6. The van der Waals surface area contributed by atoms with Gasteiger partial charge in [-0.2, -0.15) is 18.4 Å². The Morgan fingerprint density at radius 2 is 2.05 bits per heavy atom. The lowest BCUT2D eigenvalue weighted by molar-refractivity contribution is -0.120. The fourth-order valence-electron chi connectivity index (χ4n) is 2.02. The number of hydrogen-bond donors (Lipinski definition) is 1. The number of nitriles is 1. The topological polar surface area (TPSA) is 53.0 Å². The van der Waals surface area contributed by atoms with E-state index in [1.54, 1.807) is 18.2 Å². The summed E-state index contributed by atoms with van der Waals surface area (Å²) in [7, 11) is 0. The van der Waals surface area contributed by atoms with Crippen LogP contribution in [0.15, 0.2) is 18.2 Å². The molecule has 19 heavy (non-hydrogen) atoms. The number of nitrogen functional groups attached to an aromatic ring is 1. The van der Waals surface area contributed by atoms with E-state index in [9.17, 15) is 13.2 Å². The van der Waals surface area contributed by atoms with Gasteiger partial charge in [0.15, 0.2) is 0 Å². The van der Waals surface area contributed by atoms with Crippen LogP contribution in [-0.2, 0) is 6.42 Å². The van der Waals surface area contributed by atoms with Crippen LogP contribution in [0.1, 0.15) is 18.4 Å². The first kappa shape index (κ1) is 13.5. The molecule has 6 heteroatoms. The van der Waals surface area contributed by atoms with Crippen LogP contribution in [-0.4, -0.2) is 18.8 Å². The molecule has 0 unspecified atom stereocenters. The molecule has 1 aromatic carbocycles. The highest BCUT2D eigenvalue weighted by Gasteiger charge is 2.38. The minimum atomic E-state index is -4.24. The first-order chi connectivity index (χ1) is 8.90. The molecule has 0 aromatic heterocycles. The second kappa shape index (κ2) is 5.00. The lowest BCUT2D eigenvalue weighted by Crippen LogP contribution is -2.36. The number of hydrogen-bond acceptors (Lipinski definition) is 3. The number of rotatable bonds is 4. The molecular weight excluding hydrogens is 255 g/mol. The fraction of sp³-hybridized carbons (Fsp3) is 0.462. The SMILES string of the molecule is N#CCc1cc(N(CC(F)(F)F)C2CC2)ccc1N. The van der Waals surface area contributed by atoms with E-state index in [-0.39, 0.29) is 12.5 Å². The molecule has 0 spiro atoms. The van der Waals surface area contributed by atoms with Gasteiger partial charge in [-0.1, -0.05) is 0 Å². The molecule has 2 N–H and O–H groups in total. The molecule has 0 amide bonds. The Bertz CT molecular complexity index is 501. The number of anilines is 2. The van der Waals surface area contributed by atoms with Crippen LogP contribution in [0.3, 0.4) is 0 Å². The molecule has 0 atom stereocenters. The minimum absolute atomic E-state index is 0.0554. The van der Waals surface area contributed by atoms with Crippen molar-refractivity contribution >= 4 is 11.4 Å². The van der Waals surface area contributed by atoms with Crippen LogP contribution in [0.5, 0.6) is 0 Å². The Kier molecular flexibility index (Phi) is 3.56. The van der Waals surface area contributed by atoms with Gasteiger partial charge in [0.2, 0.25) is 0 Å². The summed E-state index contributed by atoms with van der Waals surface area (Å²) in [4.78, 5) is 1.35. The van der Waals surface area contributed by atoms with Crippen LogP contribution >= 0.6 is 0 Å². The van der Waals surface area contributed by atoms with Crippen molar-refractivity contribution in [3.63, 3.8) is 0 Å².